The van der Waals surface area contributed by atoms with Crippen LogP contribution in [0.5, 0.6) is 0 Å². The van der Waals surface area contributed by atoms with E-state index < -0.39 is 0 Å². The summed E-state index contributed by atoms with van der Waals surface area (Å²) in [5.74, 6) is 0. The molecule has 2 aromatic rings. The van der Waals surface area contributed by atoms with Crippen LogP contribution >= 0.6 is 0 Å². The predicted octanol–water partition coefficient (Wildman–Crippen LogP) is 4.10. The summed E-state index contributed by atoms with van der Waals surface area (Å²) in [5, 5.41) is 3.64. The van der Waals surface area contributed by atoms with Crippen molar-refractivity contribution in [1.29, 1.82) is 0 Å². The first kappa shape index (κ1) is 14.7. The van der Waals surface area contributed by atoms with E-state index in [4.69, 9.17) is 0 Å². The van der Waals surface area contributed by atoms with Crippen molar-refractivity contribution in [1.82, 2.24) is 10.3 Å². The number of aromatic nitrogens is 1. The highest BCUT2D eigenvalue weighted by Crippen LogP contribution is 2.26. The van der Waals surface area contributed by atoms with Gasteiger partial charge in [-0.05, 0) is 56.5 Å². The highest BCUT2D eigenvalue weighted by atomic mass is 14.9. The predicted molar refractivity (Wildman–Crippen MR) is 85.0 cm³/mol. The lowest BCUT2D eigenvalue weighted by Crippen LogP contribution is -2.25. The Balaban J connectivity index is 2.44. The van der Waals surface area contributed by atoms with E-state index in [1.54, 1.807) is 0 Å². The normalized spacial score (nSPS) is 12.4. The van der Waals surface area contributed by atoms with Crippen molar-refractivity contribution in [3.8, 4) is 0 Å². The summed E-state index contributed by atoms with van der Waals surface area (Å²) in [6, 6.07) is 11.0. The van der Waals surface area contributed by atoms with E-state index in [9.17, 15) is 0 Å². The number of rotatable bonds is 5. The lowest BCUT2D eigenvalue weighted by atomic mass is 9.94. The van der Waals surface area contributed by atoms with Gasteiger partial charge in [0.15, 0.2) is 0 Å². The van der Waals surface area contributed by atoms with Gasteiger partial charge in [-0.25, -0.2) is 0 Å². The van der Waals surface area contributed by atoms with Gasteiger partial charge in [0.05, 0.1) is 11.7 Å². The first-order valence-electron chi connectivity index (χ1n) is 7.35. The van der Waals surface area contributed by atoms with E-state index in [2.05, 4.69) is 62.3 Å². The van der Waals surface area contributed by atoms with Crippen LogP contribution in [0.25, 0.3) is 0 Å². The van der Waals surface area contributed by atoms with Crippen LogP contribution in [-0.2, 0) is 0 Å². The van der Waals surface area contributed by atoms with Gasteiger partial charge in [0.25, 0.3) is 0 Å². The summed E-state index contributed by atoms with van der Waals surface area (Å²) < 4.78 is 0. The number of hydrogen-bond donors (Lipinski definition) is 1. The highest BCUT2D eigenvalue weighted by molar-refractivity contribution is 5.38. The molecule has 0 bridgehead atoms. The molecule has 1 N–H and O–H groups in total. The lowest BCUT2D eigenvalue weighted by molar-refractivity contribution is 0.581. The molecular weight excluding hydrogens is 244 g/mol. The smallest absolute Gasteiger partial charge is 0.0756 e. The van der Waals surface area contributed by atoms with E-state index >= 15 is 0 Å². The van der Waals surface area contributed by atoms with Crippen LogP contribution < -0.4 is 5.32 Å². The van der Waals surface area contributed by atoms with Gasteiger partial charge in [0, 0.05) is 6.20 Å². The van der Waals surface area contributed by atoms with E-state index in [-0.39, 0.29) is 6.04 Å². The number of aryl methyl sites for hydroxylation is 3. The Bertz CT molecular complexity index is 575. The fourth-order valence-corrected chi connectivity index (χ4v) is 2.59. The maximum absolute atomic E-state index is 4.61. The molecule has 1 heterocycles. The minimum atomic E-state index is 0.178. The standard InChI is InChI=1S/C18H24N2/c1-5-10-19-18(17-14(3)7-6-11-20-17)16-9-8-13(2)12-15(16)4/h6-9,11-12,18-19H,5,10H2,1-4H3. The monoisotopic (exact) mass is 268 g/mol. The molecule has 1 aromatic heterocycles. The average molecular weight is 268 g/mol. The molecule has 20 heavy (non-hydrogen) atoms. The fourth-order valence-electron chi connectivity index (χ4n) is 2.59. The van der Waals surface area contributed by atoms with Crippen molar-refractivity contribution in [2.45, 2.75) is 40.2 Å². The summed E-state index contributed by atoms with van der Waals surface area (Å²) in [4.78, 5) is 4.61. The van der Waals surface area contributed by atoms with Crippen molar-refractivity contribution >= 4 is 0 Å². The maximum Gasteiger partial charge on any atom is 0.0756 e. The Labute approximate surface area is 122 Å². The molecule has 0 radical (unpaired) electrons. The van der Waals surface area contributed by atoms with Crippen LogP contribution in [-0.4, -0.2) is 11.5 Å². The van der Waals surface area contributed by atoms with Gasteiger partial charge in [-0.15, -0.1) is 0 Å². The zero-order valence-electron chi connectivity index (χ0n) is 12.9. The van der Waals surface area contributed by atoms with E-state index in [1.807, 2.05) is 12.3 Å². The van der Waals surface area contributed by atoms with Crippen molar-refractivity contribution in [2.24, 2.45) is 0 Å². The molecule has 2 rings (SSSR count). The molecule has 0 aliphatic carbocycles. The van der Waals surface area contributed by atoms with Gasteiger partial charge in [0.2, 0.25) is 0 Å². The van der Waals surface area contributed by atoms with Crippen molar-refractivity contribution in [3.63, 3.8) is 0 Å². The molecule has 0 amide bonds. The average Bonchev–Trinajstić information content (AvgIpc) is 2.42. The number of hydrogen-bond acceptors (Lipinski definition) is 2. The molecule has 0 aliphatic heterocycles. The van der Waals surface area contributed by atoms with Gasteiger partial charge >= 0.3 is 0 Å². The summed E-state index contributed by atoms with van der Waals surface area (Å²) >= 11 is 0. The highest BCUT2D eigenvalue weighted by Gasteiger charge is 2.18. The zero-order chi connectivity index (χ0) is 14.5. The van der Waals surface area contributed by atoms with Gasteiger partial charge in [-0.3, -0.25) is 4.98 Å². The summed E-state index contributed by atoms with van der Waals surface area (Å²) in [6.07, 6.45) is 3.00. The largest absolute Gasteiger partial charge is 0.305 e. The van der Waals surface area contributed by atoms with Crippen LogP contribution in [0.3, 0.4) is 0 Å². The lowest BCUT2D eigenvalue weighted by Gasteiger charge is -2.22. The second kappa shape index (κ2) is 6.67. The molecule has 0 spiro atoms. The van der Waals surface area contributed by atoms with Crippen LogP contribution in [0.15, 0.2) is 36.5 Å². The minimum Gasteiger partial charge on any atom is -0.305 e. The van der Waals surface area contributed by atoms with Crippen LogP contribution in [0.1, 0.15) is 47.3 Å². The molecule has 0 saturated carbocycles. The topological polar surface area (TPSA) is 24.9 Å². The number of pyridine rings is 1. The van der Waals surface area contributed by atoms with Crippen molar-refractivity contribution in [2.75, 3.05) is 6.54 Å². The number of nitrogens with zero attached hydrogens (tertiary/aromatic N) is 1. The molecular formula is C18H24N2. The first-order chi connectivity index (χ1) is 9.63. The molecule has 1 atom stereocenters. The third-order valence-corrected chi connectivity index (χ3v) is 3.66. The zero-order valence-corrected chi connectivity index (χ0v) is 12.9. The molecule has 106 valence electrons. The van der Waals surface area contributed by atoms with Gasteiger partial charge in [0.1, 0.15) is 0 Å². The Morgan fingerprint density at radius 1 is 1.10 bits per heavy atom. The fraction of sp³-hybridized carbons (Fsp3) is 0.389. The third-order valence-electron chi connectivity index (χ3n) is 3.66. The molecule has 0 fully saturated rings. The first-order valence-corrected chi connectivity index (χ1v) is 7.35. The SMILES string of the molecule is CCCNC(c1ccc(C)cc1C)c1ncccc1C. The summed E-state index contributed by atoms with van der Waals surface area (Å²) in [5.41, 5.74) is 6.32. The van der Waals surface area contributed by atoms with Gasteiger partial charge in [-0.2, -0.15) is 0 Å². The van der Waals surface area contributed by atoms with Gasteiger partial charge in [-0.1, -0.05) is 36.8 Å². The Morgan fingerprint density at radius 3 is 2.55 bits per heavy atom. The third kappa shape index (κ3) is 3.26. The van der Waals surface area contributed by atoms with Crippen LogP contribution in [0, 0.1) is 20.8 Å². The van der Waals surface area contributed by atoms with E-state index in [1.165, 1.54) is 22.3 Å². The second-order valence-electron chi connectivity index (χ2n) is 5.45. The summed E-state index contributed by atoms with van der Waals surface area (Å²) in [7, 11) is 0. The van der Waals surface area contributed by atoms with E-state index in [0.717, 1.165) is 18.7 Å². The van der Waals surface area contributed by atoms with Crippen molar-refractivity contribution < 1.29 is 0 Å². The Kier molecular flexibility index (Phi) is 4.91. The number of benzene rings is 1. The Hall–Kier alpha value is -1.67. The Morgan fingerprint density at radius 2 is 1.90 bits per heavy atom. The van der Waals surface area contributed by atoms with Crippen LogP contribution in [0.4, 0.5) is 0 Å². The number of nitrogens with one attached hydrogen (secondary N) is 1. The van der Waals surface area contributed by atoms with Gasteiger partial charge < -0.3 is 5.32 Å². The molecule has 0 aliphatic rings. The van der Waals surface area contributed by atoms with Crippen LogP contribution in [0.2, 0.25) is 0 Å². The quantitative estimate of drug-likeness (QED) is 0.883. The second-order valence-corrected chi connectivity index (χ2v) is 5.45. The molecule has 1 aromatic carbocycles. The summed E-state index contributed by atoms with van der Waals surface area (Å²) in [6.45, 7) is 9.64. The minimum absolute atomic E-state index is 0.178. The molecule has 2 heteroatoms. The maximum atomic E-state index is 4.61. The van der Waals surface area contributed by atoms with E-state index in [0.29, 0.717) is 0 Å². The van der Waals surface area contributed by atoms with Crippen molar-refractivity contribution in [3.05, 3.63) is 64.5 Å². The molecule has 0 saturated heterocycles. The molecule has 1 unspecified atom stereocenters. The molecule has 2 nitrogen and oxygen atoms in total.